The third kappa shape index (κ3) is 4.50. The zero-order valence-corrected chi connectivity index (χ0v) is 13.3. The van der Waals surface area contributed by atoms with Gasteiger partial charge in [0.25, 0.3) is 5.91 Å². The van der Waals surface area contributed by atoms with Gasteiger partial charge in [-0.1, -0.05) is 0 Å². The Bertz CT molecular complexity index is 810. The van der Waals surface area contributed by atoms with Gasteiger partial charge in [0.05, 0.1) is 12.7 Å². The van der Waals surface area contributed by atoms with E-state index in [2.05, 4.69) is 5.32 Å². The minimum Gasteiger partial charge on any atom is -0.494 e. The number of carbonyl (C=O) groups is 2. The van der Waals surface area contributed by atoms with E-state index in [9.17, 15) is 22.8 Å². The summed E-state index contributed by atoms with van der Waals surface area (Å²) in [6, 6.07) is 6.25. The van der Waals surface area contributed by atoms with Crippen molar-refractivity contribution in [1.29, 1.82) is 0 Å². The van der Waals surface area contributed by atoms with Gasteiger partial charge in [-0.15, -0.1) is 0 Å². The number of rotatable bonds is 5. The molecule has 0 fully saturated rings. The fourth-order valence-electron chi connectivity index (χ4n) is 1.89. The molecule has 0 aliphatic carbocycles. The molecule has 1 N–H and O–H groups in total. The van der Waals surface area contributed by atoms with E-state index in [1.807, 2.05) is 0 Å². The molecule has 2 aromatic carbocycles. The van der Waals surface area contributed by atoms with Crippen LogP contribution in [0.1, 0.15) is 17.3 Å². The van der Waals surface area contributed by atoms with Crippen LogP contribution in [0.3, 0.4) is 0 Å². The number of hydrogen-bond acceptors (Lipinski definition) is 4. The van der Waals surface area contributed by atoms with Gasteiger partial charge in [0.1, 0.15) is 0 Å². The summed E-state index contributed by atoms with van der Waals surface area (Å²) in [5, 5.41) is 2.28. The van der Waals surface area contributed by atoms with Crippen LogP contribution < -0.4 is 10.1 Å². The number of halogens is 3. The lowest BCUT2D eigenvalue weighted by Crippen LogP contribution is -2.30. The van der Waals surface area contributed by atoms with E-state index in [4.69, 9.17) is 9.47 Å². The molecule has 0 aliphatic heterocycles. The summed E-state index contributed by atoms with van der Waals surface area (Å²) in [5.74, 6) is -4.66. The highest BCUT2D eigenvalue weighted by molar-refractivity contribution is 5.97. The summed E-state index contributed by atoms with van der Waals surface area (Å²) < 4.78 is 49.2. The molecule has 2 aromatic rings. The number of amides is 1. The minimum absolute atomic E-state index is 0.00212. The highest BCUT2D eigenvalue weighted by Gasteiger charge is 2.20. The van der Waals surface area contributed by atoms with Crippen molar-refractivity contribution < 1.29 is 32.2 Å². The Hall–Kier alpha value is -3.03. The summed E-state index contributed by atoms with van der Waals surface area (Å²) in [4.78, 5) is 23.9. The molecule has 0 aliphatic rings. The van der Waals surface area contributed by atoms with Crippen molar-refractivity contribution in [3.63, 3.8) is 0 Å². The van der Waals surface area contributed by atoms with E-state index in [0.29, 0.717) is 0 Å². The Labute approximate surface area is 141 Å². The summed E-state index contributed by atoms with van der Waals surface area (Å²) >= 11 is 0. The fourth-order valence-corrected chi connectivity index (χ4v) is 1.89. The molecule has 25 heavy (non-hydrogen) atoms. The molecule has 0 radical (unpaired) electrons. The Kier molecular flexibility index (Phi) is 5.63. The first-order chi connectivity index (χ1) is 11.8. The topological polar surface area (TPSA) is 64.6 Å². The molecule has 132 valence electrons. The van der Waals surface area contributed by atoms with Gasteiger partial charge in [-0.05, 0) is 37.3 Å². The van der Waals surface area contributed by atoms with Crippen LogP contribution in [-0.4, -0.2) is 25.1 Å². The number of benzene rings is 2. The number of anilines is 1. The Morgan fingerprint density at radius 3 is 2.32 bits per heavy atom. The van der Waals surface area contributed by atoms with Crippen LogP contribution in [0.4, 0.5) is 18.9 Å². The SMILES string of the molecule is COc1ccc(C(=O)O[C@H](C)C(=O)Nc2ccc(F)c(F)c2)cc1F. The minimum atomic E-state index is -1.24. The van der Waals surface area contributed by atoms with Gasteiger partial charge in [0.15, 0.2) is 29.3 Å². The van der Waals surface area contributed by atoms with Gasteiger partial charge in [0.2, 0.25) is 0 Å². The molecule has 1 amide bonds. The highest BCUT2D eigenvalue weighted by atomic mass is 19.2. The van der Waals surface area contributed by atoms with E-state index >= 15 is 0 Å². The zero-order chi connectivity index (χ0) is 18.6. The molecule has 5 nitrogen and oxygen atoms in total. The largest absolute Gasteiger partial charge is 0.494 e. The molecule has 2 rings (SSSR count). The quantitative estimate of drug-likeness (QED) is 0.838. The van der Waals surface area contributed by atoms with Crippen molar-refractivity contribution in [2.24, 2.45) is 0 Å². The third-order valence-corrected chi connectivity index (χ3v) is 3.23. The normalized spacial score (nSPS) is 11.6. The van der Waals surface area contributed by atoms with Crippen molar-refractivity contribution in [3.8, 4) is 5.75 Å². The molecular weight excluding hydrogens is 339 g/mol. The molecule has 0 bridgehead atoms. The summed E-state index contributed by atoms with van der Waals surface area (Å²) in [6.07, 6.45) is -1.24. The summed E-state index contributed by atoms with van der Waals surface area (Å²) in [5.41, 5.74) is -0.104. The van der Waals surface area contributed by atoms with Crippen LogP contribution in [0.5, 0.6) is 5.75 Å². The predicted octanol–water partition coefficient (Wildman–Crippen LogP) is 3.30. The van der Waals surface area contributed by atoms with E-state index in [0.717, 1.165) is 24.3 Å². The van der Waals surface area contributed by atoms with Crippen LogP contribution >= 0.6 is 0 Å². The van der Waals surface area contributed by atoms with E-state index < -0.39 is 35.4 Å². The number of carbonyl (C=O) groups excluding carboxylic acids is 2. The number of ether oxygens (including phenoxy) is 2. The maximum Gasteiger partial charge on any atom is 0.339 e. The Morgan fingerprint density at radius 1 is 1.00 bits per heavy atom. The van der Waals surface area contributed by atoms with Crippen LogP contribution in [0.2, 0.25) is 0 Å². The van der Waals surface area contributed by atoms with Crippen molar-refractivity contribution in [1.82, 2.24) is 0 Å². The van der Waals surface area contributed by atoms with Crippen molar-refractivity contribution in [2.45, 2.75) is 13.0 Å². The van der Waals surface area contributed by atoms with Crippen molar-refractivity contribution in [3.05, 3.63) is 59.4 Å². The van der Waals surface area contributed by atoms with E-state index in [1.54, 1.807) is 0 Å². The van der Waals surface area contributed by atoms with Crippen LogP contribution in [0, 0.1) is 17.5 Å². The number of methoxy groups -OCH3 is 1. The molecule has 0 spiro atoms. The summed E-state index contributed by atoms with van der Waals surface area (Å²) in [7, 11) is 1.28. The molecule has 1 atom stereocenters. The lowest BCUT2D eigenvalue weighted by Gasteiger charge is -2.14. The predicted molar refractivity (Wildman–Crippen MR) is 82.8 cm³/mol. The Morgan fingerprint density at radius 2 is 1.72 bits per heavy atom. The zero-order valence-electron chi connectivity index (χ0n) is 13.3. The van der Waals surface area contributed by atoms with Crippen LogP contribution in [0.15, 0.2) is 36.4 Å². The van der Waals surface area contributed by atoms with Crippen molar-refractivity contribution in [2.75, 3.05) is 12.4 Å². The molecule has 8 heteroatoms. The third-order valence-electron chi connectivity index (χ3n) is 3.23. The van der Waals surface area contributed by atoms with Gasteiger partial charge in [-0.2, -0.15) is 0 Å². The second kappa shape index (κ2) is 7.69. The highest BCUT2D eigenvalue weighted by Crippen LogP contribution is 2.19. The second-order valence-corrected chi connectivity index (χ2v) is 5.02. The van der Waals surface area contributed by atoms with Gasteiger partial charge < -0.3 is 14.8 Å². The van der Waals surface area contributed by atoms with E-state index in [1.165, 1.54) is 26.2 Å². The monoisotopic (exact) mass is 353 g/mol. The molecule has 0 unspecified atom stereocenters. The number of nitrogens with one attached hydrogen (secondary N) is 1. The lowest BCUT2D eigenvalue weighted by molar-refractivity contribution is -0.123. The molecule has 0 saturated heterocycles. The number of esters is 1. The number of hydrogen-bond donors (Lipinski definition) is 1. The van der Waals surface area contributed by atoms with Crippen LogP contribution in [-0.2, 0) is 9.53 Å². The van der Waals surface area contributed by atoms with E-state index in [-0.39, 0.29) is 17.0 Å². The first-order valence-electron chi connectivity index (χ1n) is 7.12. The van der Waals surface area contributed by atoms with Gasteiger partial charge in [0, 0.05) is 11.8 Å². The smallest absolute Gasteiger partial charge is 0.339 e. The molecule has 0 aromatic heterocycles. The maximum atomic E-state index is 13.6. The molecule has 0 saturated carbocycles. The van der Waals surface area contributed by atoms with Crippen LogP contribution in [0.25, 0.3) is 0 Å². The average molecular weight is 353 g/mol. The molecule has 0 heterocycles. The molecular formula is C17H14F3NO4. The fraction of sp³-hybridized carbons (Fsp3) is 0.176. The first kappa shape index (κ1) is 18.3. The standard InChI is InChI=1S/C17H14F3NO4/c1-9(16(22)21-11-4-5-12(18)13(19)8-11)25-17(23)10-3-6-15(24-2)14(20)7-10/h3-9H,1-2H3,(H,21,22)/t9-/m1/s1. The Balaban J connectivity index is 2.01. The average Bonchev–Trinajstić information content (AvgIpc) is 2.57. The van der Waals surface area contributed by atoms with Crippen molar-refractivity contribution >= 4 is 17.6 Å². The first-order valence-corrected chi connectivity index (χ1v) is 7.12. The van der Waals surface area contributed by atoms with Gasteiger partial charge in [-0.3, -0.25) is 4.79 Å². The summed E-state index contributed by atoms with van der Waals surface area (Å²) in [6.45, 7) is 1.28. The second-order valence-electron chi connectivity index (χ2n) is 5.02. The maximum absolute atomic E-state index is 13.6. The van der Waals surface area contributed by atoms with Gasteiger partial charge in [-0.25, -0.2) is 18.0 Å². The van der Waals surface area contributed by atoms with Gasteiger partial charge >= 0.3 is 5.97 Å². The lowest BCUT2D eigenvalue weighted by atomic mass is 10.2.